The largest absolute Gasteiger partial charge is 0.347 e. The molecular formula is C21H32N4O2. The summed E-state index contributed by atoms with van der Waals surface area (Å²) in [6.45, 7) is 7.60. The zero-order valence-electron chi connectivity index (χ0n) is 16.9. The second kappa shape index (κ2) is 8.85. The van der Waals surface area contributed by atoms with Crippen molar-refractivity contribution in [2.75, 3.05) is 53.4 Å². The van der Waals surface area contributed by atoms with E-state index >= 15 is 0 Å². The highest BCUT2D eigenvalue weighted by Gasteiger charge is 2.34. The smallest absolute Gasteiger partial charge is 0.239 e. The van der Waals surface area contributed by atoms with Crippen molar-refractivity contribution in [2.24, 2.45) is 0 Å². The van der Waals surface area contributed by atoms with Gasteiger partial charge in [0.1, 0.15) is 0 Å². The highest BCUT2D eigenvalue weighted by molar-refractivity contribution is 5.83. The standard InChI is InChI=1S/C21H32N4O2/c1-17-6-4-7-18(14-17)15-23-10-12-24(13-11-23)20(26)16-25-9-5-8-19(25)21(27)22(2)3/h4,6-7,14,19H,5,8-13,15-16H2,1-3H3/t19-/m0/s1. The molecule has 6 heteroatoms. The van der Waals surface area contributed by atoms with Gasteiger partial charge in [-0.25, -0.2) is 0 Å². The number of aryl methyl sites for hydroxylation is 1. The SMILES string of the molecule is Cc1cccc(CN2CCN(C(=O)CN3CCC[C@H]3C(=O)N(C)C)CC2)c1. The second-order valence-corrected chi connectivity index (χ2v) is 8.01. The first-order chi connectivity index (χ1) is 12.9. The molecule has 0 bridgehead atoms. The molecule has 0 aliphatic carbocycles. The van der Waals surface area contributed by atoms with Crippen LogP contribution in [-0.4, -0.2) is 90.8 Å². The van der Waals surface area contributed by atoms with Gasteiger partial charge in [-0.05, 0) is 31.9 Å². The first-order valence-corrected chi connectivity index (χ1v) is 9.95. The molecule has 1 aromatic carbocycles. The van der Waals surface area contributed by atoms with Crippen molar-refractivity contribution in [2.45, 2.75) is 32.4 Å². The monoisotopic (exact) mass is 372 g/mol. The first-order valence-electron chi connectivity index (χ1n) is 9.95. The van der Waals surface area contributed by atoms with E-state index in [2.05, 4.69) is 41.0 Å². The van der Waals surface area contributed by atoms with E-state index < -0.39 is 0 Å². The zero-order chi connectivity index (χ0) is 19.4. The van der Waals surface area contributed by atoms with Gasteiger partial charge in [0.2, 0.25) is 11.8 Å². The van der Waals surface area contributed by atoms with Crippen LogP contribution in [-0.2, 0) is 16.1 Å². The second-order valence-electron chi connectivity index (χ2n) is 8.01. The lowest BCUT2D eigenvalue weighted by Gasteiger charge is -2.36. The average molecular weight is 373 g/mol. The molecule has 2 aliphatic heterocycles. The van der Waals surface area contributed by atoms with Gasteiger partial charge in [-0.2, -0.15) is 0 Å². The van der Waals surface area contributed by atoms with Crippen LogP contribution in [0.25, 0.3) is 0 Å². The van der Waals surface area contributed by atoms with E-state index in [1.165, 1.54) is 11.1 Å². The van der Waals surface area contributed by atoms with Crippen molar-refractivity contribution >= 4 is 11.8 Å². The van der Waals surface area contributed by atoms with Gasteiger partial charge in [-0.1, -0.05) is 29.8 Å². The van der Waals surface area contributed by atoms with Crippen molar-refractivity contribution in [1.82, 2.24) is 19.6 Å². The van der Waals surface area contributed by atoms with Crippen molar-refractivity contribution in [3.8, 4) is 0 Å². The summed E-state index contributed by atoms with van der Waals surface area (Å²) in [6.07, 6.45) is 1.84. The molecule has 2 aliphatic rings. The lowest BCUT2D eigenvalue weighted by atomic mass is 10.1. The molecule has 0 N–H and O–H groups in total. The van der Waals surface area contributed by atoms with Crippen LogP contribution in [0.5, 0.6) is 0 Å². The van der Waals surface area contributed by atoms with E-state index in [0.29, 0.717) is 6.54 Å². The number of likely N-dealkylation sites (N-methyl/N-ethyl adjacent to an activating group) is 1. The van der Waals surface area contributed by atoms with Crippen LogP contribution in [0.4, 0.5) is 0 Å². The predicted molar refractivity (Wildman–Crippen MR) is 106 cm³/mol. The Morgan fingerprint density at radius 2 is 1.85 bits per heavy atom. The minimum absolute atomic E-state index is 0.114. The Balaban J connectivity index is 1.47. The minimum atomic E-state index is -0.133. The Labute approximate surface area is 162 Å². The summed E-state index contributed by atoms with van der Waals surface area (Å²) in [6, 6.07) is 8.48. The molecule has 0 saturated carbocycles. The molecule has 2 fully saturated rings. The molecule has 1 aromatic rings. The predicted octanol–water partition coefficient (Wildman–Crippen LogP) is 1.19. The fourth-order valence-corrected chi connectivity index (χ4v) is 4.09. The highest BCUT2D eigenvalue weighted by atomic mass is 16.2. The summed E-state index contributed by atoms with van der Waals surface area (Å²) in [5.41, 5.74) is 2.62. The molecule has 2 heterocycles. The van der Waals surface area contributed by atoms with Gasteiger partial charge >= 0.3 is 0 Å². The molecule has 27 heavy (non-hydrogen) atoms. The van der Waals surface area contributed by atoms with Gasteiger partial charge in [-0.3, -0.25) is 19.4 Å². The van der Waals surface area contributed by atoms with Gasteiger partial charge in [0, 0.05) is 46.8 Å². The summed E-state index contributed by atoms with van der Waals surface area (Å²) < 4.78 is 0. The Kier molecular flexibility index (Phi) is 6.50. The fraction of sp³-hybridized carbons (Fsp3) is 0.619. The molecule has 6 nitrogen and oxygen atoms in total. The van der Waals surface area contributed by atoms with Gasteiger partial charge in [-0.15, -0.1) is 0 Å². The van der Waals surface area contributed by atoms with Crippen LogP contribution >= 0.6 is 0 Å². The molecule has 2 amide bonds. The Morgan fingerprint density at radius 3 is 2.52 bits per heavy atom. The number of nitrogens with zero attached hydrogens (tertiary/aromatic N) is 4. The van der Waals surface area contributed by atoms with Gasteiger partial charge in [0.15, 0.2) is 0 Å². The Hall–Kier alpha value is -1.92. The number of benzene rings is 1. The summed E-state index contributed by atoms with van der Waals surface area (Å²) >= 11 is 0. The topological polar surface area (TPSA) is 47.1 Å². The number of hydrogen-bond donors (Lipinski definition) is 0. The first kappa shape index (κ1) is 19.8. The average Bonchev–Trinajstić information content (AvgIpc) is 3.09. The van der Waals surface area contributed by atoms with E-state index in [1.54, 1.807) is 19.0 Å². The van der Waals surface area contributed by atoms with E-state index in [0.717, 1.165) is 52.1 Å². The third kappa shape index (κ3) is 5.08. The van der Waals surface area contributed by atoms with Crippen molar-refractivity contribution in [1.29, 1.82) is 0 Å². The lowest BCUT2D eigenvalue weighted by molar-refractivity contribution is -0.137. The number of likely N-dealkylation sites (tertiary alicyclic amines) is 1. The molecule has 3 rings (SSSR count). The summed E-state index contributed by atoms with van der Waals surface area (Å²) in [7, 11) is 3.57. The number of amides is 2. The van der Waals surface area contributed by atoms with Crippen LogP contribution in [0.15, 0.2) is 24.3 Å². The van der Waals surface area contributed by atoms with E-state index in [9.17, 15) is 9.59 Å². The van der Waals surface area contributed by atoms with E-state index in [-0.39, 0.29) is 17.9 Å². The van der Waals surface area contributed by atoms with Crippen LogP contribution in [0, 0.1) is 6.92 Å². The summed E-state index contributed by atoms with van der Waals surface area (Å²) in [4.78, 5) is 33.1. The lowest BCUT2D eigenvalue weighted by Crippen LogP contribution is -2.52. The molecule has 0 aromatic heterocycles. The normalized spacial score (nSPS) is 21.4. The van der Waals surface area contributed by atoms with E-state index in [4.69, 9.17) is 0 Å². The summed E-state index contributed by atoms with van der Waals surface area (Å²) in [5.74, 6) is 0.270. The Morgan fingerprint density at radius 1 is 1.11 bits per heavy atom. The maximum Gasteiger partial charge on any atom is 0.239 e. The third-order valence-corrected chi connectivity index (χ3v) is 5.64. The number of carbonyl (C=O) groups is 2. The van der Waals surface area contributed by atoms with Gasteiger partial charge in [0.05, 0.1) is 12.6 Å². The fourth-order valence-electron chi connectivity index (χ4n) is 4.09. The van der Waals surface area contributed by atoms with Gasteiger partial charge < -0.3 is 9.80 Å². The number of hydrogen-bond acceptors (Lipinski definition) is 4. The maximum atomic E-state index is 12.7. The van der Waals surface area contributed by atoms with Crippen molar-refractivity contribution < 1.29 is 9.59 Å². The van der Waals surface area contributed by atoms with Crippen molar-refractivity contribution in [3.05, 3.63) is 35.4 Å². The minimum Gasteiger partial charge on any atom is -0.347 e. The number of carbonyl (C=O) groups excluding carboxylic acids is 2. The quantitative estimate of drug-likeness (QED) is 0.779. The van der Waals surface area contributed by atoms with Gasteiger partial charge in [0.25, 0.3) is 0 Å². The molecule has 0 spiro atoms. The van der Waals surface area contributed by atoms with Crippen LogP contribution in [0.1, 0.15) is 24.0 Å². The third-order valence-electron chi connectivity index (χ3n) is 5.64. The molecular weight excluding hydrogens is 340 g/mol. The molecule has 2 saturated heterocycles. The molecule has 0 radical (unpaired) electrons. The molecule has 0 unspecified atom stereocenters. The zero-order valence-corrected chi connectivity index (χ0v) is 16.9. The van der Waals surface area contributed by atoms with Crippen LogP contribution in [0.2, 0.25) is 0 Å². The highest BCUT2D eigenvalue weighted by Crippen LogP contribution is 2.19. The van der Waals surface area contributed by atoms with Crippen LogP contribution in [0.3, 0.4) is 0 Å². The Bertz CT molecular complexity index is 668. The molecule has 1 atom stereocenters. The number of piperazine rings is 1. The van der Waals surface area contributed by atoms with E-state index in [1.807, 2.05) is 4.90 Å². The van der Waals surface area contributed by atoms with Crippen LogP contribution < -0.4 is 0 Å². The maximum absolute atomic E-state index is 12.7. The summed E-state index contributed by atoms with van der Waals surface area (Å²) in [5, 5.41) is 0. The molecule has 148 valence electrons. The number of rotatable bonds is 5. The van der Waals surface area contributed by atoms with Crippen molar-refractivity contribution in [3.63, 3.8) is 0 Å².